The van der Waals surface area contributed by atoms with E-state index in [0.717, 1.165) is 31.4 Å². The minimum Gasteiger partial charge on any atom is -0.501 e. The zero-order valence-corrected chi connectivity index (χ0v) is 11.0. The molecule has 4 rings (SSSR count). The summed E-state index contributed by atoms with van der Waals surface area (Å²) in [5, 5.41) is 0. The van der Waals surface area contributed by atoms with Crippen LogP contribution in [0.1, 0.15) is 36.3 Å². The van der Waals surface area contributed by atoms with E-state index in [1.807, 2.05) is 0 Å². The Morgan fingerprint density at radius 1 is 1.21 bits per heavy atom. The van der Waals surface area contributed by atoms with Gasteiger partial charge in [0.2, 0.25) is 0 Å². The molecule has 3 unspecified atom stereocenters. The summed E-state index contributed by atoms with van der Waals surface area (Å²) in [4.78, 5) is 12.6. The lowest BCUT2D eigenvalue weighted by Gasteiger charge is -2.13. The fourth-order valence-corrected chi connectivity index (χ4v) is 3.88. The zero-order valence-electron chi connectivity index (χ0n) is 11.0. The third kappa shape index (κ3) is 1.73. The van der Waals surface area contributed by atoms with E-state index < -0.39 is 0 Å². The summed E-state index contributed by atoms with van der Waals surface area (Å²) >= 11 is 0. The molecule has 2 heteroatoms. The highest BCUT2D eigenvalue weighted by Crippen LogP contribution is 2.60. The van der Waals surface area contributed by atoms with Crippen molar-refractivity contribution in [3.05, 3.63) is 47.2 Å². The van der Waals surface area contributed by atoms with Gasteiger partial charge in [-0.3, -0.25) is 4.79 Å². The van der Waals surface area contributed by atoms with Gasteiger partial charge < -0.3 is 4.74 Å². The summed E-state index contributed by atoms with van der Waals surface area (Å²) in [6.07, 6.45) is 5.90. The lowest BCUT2D eigenvalue weighted by atomic mass is 9.92. The Kier molecular flexibility index (Phi) is 2.51. The van der Waals surface area contributed by atoms with E-state index in [1.54, 1.807) is 6.26 Å². The molecule has 0 bridgehead atoms. The number of benzene rings is 1. The van der Waals surface area contributed by atoms with Crippen molar-refractivity contribution in [2.45, 2.75) is 31.6 Å². The molecule has 1 fully saturated rings. The van der Waals surface area contributed by atoms with Crippen LogP contribution >= 0.6 is 0 Å². The summed E-state index contributed by atoms with van der Waals surface area (Å²) < 4.78 is 5.32. The van der Waals surface area contributed by atoms with Gasteiger partial charge in [-0.15, -0.1) is 0 Å². The van der Waals surface area contributed by atoms with Gasteiger partial charge in [0.1, 0.15) is 0 Å². The molecule has 0 amide bonds. The fraction of sp³-hybridized carbons (Fsp3) is 0.471. The van der Waals surface area contributed by atoms with Crippen LogP contribution in [-0.4, -0.2) is 12.4 Å². The number of hydrogen-bond donors (Lipinski definition) is 0. The van der Waals surface area contributed by atoms with Crippen LogP contribution in [0.5, 0.6) is 0 Å². The molecule has 98 valence electrons. The molecule has 0 aromatic heterocycles. The Morgan fingerprint density at radius 2 is 2.11 bits per heavy atom. The number of allylic oxidation sites excluding steroid dienone is 1. The van der Waals surface area contributed by atoms with E-state index in [9.17, 15) is 4.79 Å². The van der Waals surface area contributed by atoms with E-state index in [0.29, 0.717) is 17.6 Å². The van der Waals surface area contributed by atoms with Crippen molar-refractivity contribution in [2.24, 2.45) is 11.8 Å². The van der Waals surface area contributed by atoms with Crippen molar-refractivity contribution < 1.29 is 9.53 Å². The number of carbonyl (C=O) groups excluding carboxylic acids is 1. The molecule has 0 saturated heterocycles. The van der Waals surface area contributed by atoms with E-state index in [2.05, 4.69) is 24.3 Å². The van der Waals surface area contributed by atoms with Crippen LogP contribution < -0.4 is 0 Å². The molecule has 3 aliphatic rings. The van der Waals surface area contributed by atoms with Crippen LogP contribution in [0.15, 0.2) is 36.1 Å². The number of fused-ring (bicyclic) bond motifs is 3. The summed E-state index contributed by atoms with van der Waals surface area (Å²) in [5.41, 5.74) is 3.80. The van der Waals surface area contributed by atoms with Gasteiger partial charge in [-0.1, -0.05) is 24.3 Å². The average Bonchev–Trinajstić information content (AvgIpc) is 3.22. The van der Waals surface area contributed by atoms with E-state index >= 15 is 0 Å². The van der Waals surface area contributed by atoms with Crippen molar-refractivity contribution in [2.75, 3.05) is 6.61 Å². The molecule has 1 saturated carbocycles. The molecule has 3 atom stereocenters. The van der Waals surface area contributed by atoms with Gasteiger partial charge in [0, 0.05) is 11.5 Å². The normalized spacial score (nSPS) is 31.6. The predicted octanol–water partition coefficient (Wildman–Crippen LogP) is 3.23. The number of aryl methyl sites for hydroxylation is 1. The molecule has 0 spiro atoms. The lowest BCUT2D eigenvalue weighted by molar-refractivity contribution is -0.117. The minimum atomic E-state index is 0.233. The molecule has 2 aliphatic carbocycles. The van der Waals surface area contributed by atoms with Crippen LogP contribution in [0.25, 0.3) is 0 Å². The Morgan fingerprint density at radius 3 is 2.95 bits per heavy atom. The molecule has 2 nitrogen and oxygen atoms in total. The van der Waals surface area contributed by atoms with Crippen LogP contribution in [0.4, 0.5) is 0 Å². The first-order valence-electron chi connectivity index (χ1n) is 7.29. The standard InChI is InChI=1S/C17H18O2/c18-17(12-5-3-9-19-10-12)16-14-8-7-11-4-1-2-6-13(11)15(14)16/h1-2,4,6,10,14-16H,3,5,7-9H2. The quantitative estimate of drug-likeness (QED) is 0.810. The van der Waals surface area contributed by atoms with Crippen LogP contribution in [0, 0.1) is 11.8 Å². The Bertz CT molecular complexity index is 558. The van der Waals surface area contributed by atoms with E-state index in [-0.39, 0.29) is 5.92 Å². The average molecular weight is 254 g/mol. The van der Waals surface area contributed by atoms with Crippen molar-refractivity contribution >= 4 is 5.78 Å². The zero-order chi connectivity index (χ0) is 12.8. The summed E-state index contributed by atoms with van der Waals surface area (Å²) in [6, 6.07) is 8.64. The second-order valence-corrected chi connectivity index (χ2v) is 5.93. The number of hydrogen-bond acceptors (Lipinski definition) is 2. The summed E-state index contributed by atoms with van der Waals surface area (Å²) in [7, 11) is 0. The van der Waals surface area contributed by atoms with Crippen molar-refractivity contribution in [1.82, 2.24) is 0 Å². The monoisotopic (exact) mass is 254 g/mol. The maximum Gasteiger partial charge on any atom is 0.165 e. The first-order valence-corrected chi connectivity index (χ1v) is 7.29. The van der Waals surface area contributed by atoms with Crippen molar-refractivity contribution in [3.63, 3.8) is 0 Å². The Balaban J connectivity index is 1.60. The van der Waals surface area contributed by atoms with Gasteiger partial charge in [0.05, 0.1) is 12.9 Å². The first-order chi connectivity index (χ1) is 9.36. The second kappa shape index (κ2) is 4.22. The Hall–Kier alpha value is -1.57. The molecule has 19 heavy (non-hydrogen) atoms. The summed E-state index contributed by atoms with van der Waals surface area (Å²) in [5.74, 6) is 1.66. The molecule has 0 N–H and O–H groups in total. The number of carbonyl (C=O) groups is 1. The second-order valence-electron chi connectivity index (χ2n) is 5.93. The molecular weight excluding hydrogens is 236 g/mol. The minimum absolute atomic E-state index is 0.233. The first kappa shape index (κ1) is 11.3. The smallest absolute Gasteiger partial charge is 0.165 e. The largest absolute Gasteiger partial charge is 0.501 e. The maximum absolute atomic E-state index is 12.6. The third-order valence-electron chi connectivity index (χ3n) is 4.88. The van der Waals surface area contributed by atoms with Crippen LogP contribution in [-0.2, 0) is 16.0 Å². The van der Waals surface area contributed by atoms with E-state index in [1.165, 1.54) is 17.5 Å². The van der Waals surface area contributed by atoms with Gasteiger partial charge in [-0.05, 0) is 48.6 Å². The highest BCUT2D eigenvalue weighted by molar-refractivity contribution is 6.00. The molecule has 1 aliphatic heterocycles. The molecule has 1 aromatic carbocycles. The highest BCUT2D eigenvalue weighted by atomic mass is 16.5. The SMILES string of the molecule is O=C(C1=COCCC1)C1C2CCc3ccccc3C21. The van der Waals surface area contributed by atoms with Gasteiger partial charge >= 0.3 is 0 Å². The predicted molar refractivity (Wildman–Crippen MR) is 72.8 cm³/mol. The van der Waals surface area contributed by atoms with Gasteiger partial charge in [0.25, 0.3) is 0 Å². The Labute approximate surface area is 113 Å². The number of ether oxygens (including phenoxy) is 1. The van der Waals surface area contributed by atoms with Gasteiger partial charge in [-0.2, -0.15) is 0 Å². The third-order valence-corrected chi connectivity index (χ3v) is 4.88. The number of rotatable bonds is 2. The molecular formula is C17H18O2. The van der Waals surface area contributed by atoms with Crippen molar-refractivity contribution in [3.8, 4) is 0 Å². The highest BCUT2D eigenvalue weighted by Gasteiger charge is 2.57. The van der Waals surface area contributed by atoms with Crippen molar-refractivity contribution in [1.29, 1.82) is 0 Å². The number of ketones is 1. The lowest BCUT2D eigenvalue weighted by Crippen LogP contribution is -2.12. The number of Topliss-reactive ketones (excluding diaryl/α,β-unsaturated/α-hetero) is 1. The molecule has 1 heterocycles. The molecule has 1 aromatic rings. The molecule has 0 radical (unpaired) electrons. The van der Waals surface area contributed by atoms with E-state index in [4.69, 9.17) is 4.74 Å². The van der Waals surface area contributed by atoms with Gasteiger partial charge in [-0.25, -0.2) is 0 Å². The van der Waals surface area contributed by atoms with Gasteiger partial charge in [0.15, 0.2) is 5.78 Å². The summed E-state index contributed by atoms with van der Waals surface area (Å²) in [6.45, 7) is 0.761. The van der Waals surface area contributed by atoms with Crippen LogP contribution in [0.2, 0.25) is 0 Å². The topological polar surface area (TPSA) is 26.3 Å². The maximum atomic E-state index is 12.6. The fourth-order valence-electron chi connectivity index (χ4n) is 3.88. The van der Waals surface area contributed by atoms with Crippen LogP contribution in [0.3, 0.4) is 0 Å².